The summed E-state index contributed by atoms with van der Waals surface area (Å²) in [5, 5.41) is 3.37. The molecule has 0 atom stereocenters. The second-order valence-corrected chi connectivity index (χ2v) is 4.61. The number of carbonyl (C=O) groups excluding carboxylic acids is 2. The van der Waals surface area contributed by atoms with E-state index >= 15 is 0 Å². The van der Waals surface area contributed by atoms with Crippen LogP contribution in [0.15, 0.2) is 0 Å². The fourth-order valence-corrected chi connectivity index (χ4v) is 2.23. The minimum Gasteiger partial charge on any atom is -0.351 e. The maximum absolute atomic E-state index is 11.7. The Morgan fingerprint density at radius 3 is 2.76 bits per heavy atom. The Morgan fingerprint density at radius 2 is 2.18 bits per heavy atom. The first-order valence-corrected chi connectivity index (χ1v) is 6.14. The molecule has 4 N–H and O–H groups in total. The Morgan fingerprint density at radius 1 is 1.47 bits per heavy atom. The normalized spacial score (nSPS) is 10.1. The van der Waals surface area contributed by atoms with Crippen molar-refractivity contribution < 1.29 is 9.59 Å². The molecule has 0 saturated carbocycles. The molecule has 1 aromatic heterocycles. The molecule has 0 spiro atoms. The van der Waals surface area contributed by atoms with Crippen LogP contribution in [0, 0.1) is 6.92 Å². The van der Waals surface area contributed by atoms with Crippen LogP contribution in [0.2, 0.25) is 0 Å². The topological polar surface area (TPSA) is 97.1 Å². The van der Waals surface area contributed by atoms with Crippen molar-refractivity contribution in [3.63, 3.8) is 0 Å². The van der Waals surface area contributed by atoms with E-state index in [0.717, 1.165) is 6.42 Å². The molecule has 0 aliphatic carbocycles. The van der Waals surface area contributed by atoms with Gasteiger partial charge in [-0.05, 0) is 13.3 Å². The Balaban J connectivity index is 2.74. The van der Waals surface area contributed by atoms with Crippen molar-refractivity contribution in [2.75, 3.05) is 6.54 Å². The predicted molar refractivity (Wildman–Crippen MR) is 65.5 cm³/mol. The molecule has 0 unspecified atom stereocenters. The number of carbonyl (C=O) groups is 2. The molecule has 0 aliphatic rings. The summed E-state index contributed by atoms with van der Waals surface area (Å²) in [6.45, 7) is 4.37. The van der Waals surface area contributed by atoms with Crippen LogP contribution in [0.4, 0.5) is 0 Å². The minimum atomic E-state index is -0.320. The van der Waals surface area contributed by atoms with Gasteiger partial charge in [-0.2, -0.15) is 0 Å². The van der Waals surface area contributed by atoms with Gasteiger partial charge in [-0.1, -0.05) is 6.92 Å². The third-order valence-corrected chi connectivity index (χ3v) is 3.21. The maximum Gasteiger partial charge on any atom is 0.263 e. The molecule has 1 aromatic rings. The lowest BCUT2D eigenvalue weighted by Crippen LogP contribution is -2.31. The molecule has 0 aromatic carbocycles. The van der Waals surface area contributed by atoms with E-state index in [4.69, 9.17) is 5.84 Å². The molecule has 0 aliphatic heterocycles. The first-order valence-electron chi connectivity index (χ1n) is 5.32. The lowest BCUT2D eigenvalue weighted by atomic mass is 10.3. The van der Waals surface area contributed by atoms with Crippen molar-refractivity contribution in [2.24, 2.45) is 5.84 Å². The second-order valence-electron chi connectivity index (χ2n) is 3.52. The number of hydrogen-bond acceptors (Lipinski definition) is 5. The molecule has 0 saturated heterocycles. The highest BCUT2D eigenvalue weighted by Gasteiger charge is 2.15. The average molecular weight is 256 g/mol. The number of amides is 2. The molecule has 1 rings (SSSR count). The van der Waals surface area contributed by atoms with Gasteiger partial charge in [-0.15, -0.1) is 11.3 Å². The summed E-state index contributed by atoms with van der Waals surface area (Å²) < 4.78 is 0. The summed E-state index contributed by atoms with van der Waals surface area (Å²) in [6.07, 6.45) is 0.981. The van der Waals surface area contributed by atoms with Crippen LogP contribution in [-0.4, -0.2) is 23.3 Å². The minimum absolute atomic E-state index is 0.100. The number of aromatic nitrogens is 1. The van der Waals surface area contributed by atoms with E-state index < -0.39 is 0 Å². The highest BCUT2D eigenvalue weighted by Crippen LogP contribution is 2.18. The predicted octanol–water partition coefficient (Wildman–Crippen LogP) is 0.124. The Bertz CT molecular complexity index is 416. The lowest BCUT2D eigenvalue weighted by Gasteiger charge is -2.00. The Kier molecular flexibility index (Phi) is 5.05. The van der Waals surface area contributed by atoms with E-state index in [9.17, 15) is 9.59 Å². The van der Waals surface area contributed by atoms with Gasteiger partial charge in [0.2, 0.25) is 5.91 Å². The second kappa shape index (κ2) is 6.31. The summed E-state index contributed by atoms with van der Waals surface area (Å²) in [6, 6.07) is 0. The van der Waals surface area contributed by atoms with Crippen molar-refractivity contribution >= 4 is 23.2 Å². The van der Waals surface area contributed by atoms with Gasteiger partial charge < -0.3 is 5.32 Å². The molecule has 0 fully saturated rings. The van der Waals surface area contributed by atoms with Crippen LogP contribution in [0.3, 0.4) is 0 Å². The molecular formula is C10H16N4O2S. The average Bonchev–Trinajstić information content (AvgIpc) is 2.67. The number of nitrogens with one attached hydrogen (secondary N) is 2. The van der Waals surface area contributed by atoms with Crippen LogP contribution in [0.25, 0.3) is 0 Å². The fourth-order valence-electron chi connectivity index (χ4n) is 1.25. The van der Waals surface area contributed by atoms with E-state index in [1.807, 2.05) is 12.3 Å². The summed E-state index contributed by atoms with van der Waals surface area (Å²) in [7, 11) is 0. The van der Waals surface area contributed by atoms with Crippen LogP contribution in [0.1, 0.15) is 33.7 Å². The standard InChI is InChI=1S/C10H16N4O2S/c1-3-4-12-10(16)9-6(2)13-8(17-9)5-7(15)14-11/h3-5,11H2,1-2H3,(H,12,16)(H,14,15). The number of nitrogens with zero attached hydrogens (tertiary/aromatic N) is 1. The van der Waals surface area contributed by atoms with Crippen LogP contribution < -0.4 is 16.6 Å². The highest BCUT2D eigenvalue weighted by molar-refractivity contribution is 7.13. The van der Waals surface area contributed by atoms with Crippen LogP contribution in [-0.2, 0) is 11.2 Å². The van der Waals surface area contributed by atoms with E-state index in [1.165, 1.54) is 11.3 Å². The van der Waals surface area contributed by atoms with Crippen LogP contribution >= 0.6 is 11.3 Å². The van der Waals surface area contributed by atoms with Gasteiger partial charge in [0, 0.05) is 6.54 Å². The van der Waals surface area contributed by atoms with Crippen molar-refractivity contribution in [3.8, 4) is 0 Å². The zero-order chi connectivity index (χ0) is 12.8. The maximum atomic E-state index is 11.7. The Labute approximate surface area is 104 Å². The molecule has 94 valence electrons. The first kappa shape index (κ1) is 13.6. The number of hydrazine groups is 1. The third kappa shape index (κ3) is 3.79. The number of aryl methyl sites for hydroxylation is 1. The Hall–Kier alpha value is -1.47. The third-order valence-electron chi connectivity index (χ3n) is 2.06. The SMILES string of the molecule is CCCNC(=O)c1sc(CC(=O)NN)nc1C. The molecule has 2 amide bonds. The zero-order valence-corrected chi connectivity index (χ0v) is 10.7. The van der Waals surface area contributed by atoms with Gasteiger partial charge in [0.15, 0.2) is 0 Å². The number of thiazole rings is 1. The fraction of sp³-hybridized carbons (Fsp3) is 0.500. The van der Waals surface area contributed by atoms with E-state index in [2.05, 4.69) is 10.3 Å². The summed E-state index contributed by atoms with van der Waals surface area (Å²) in [4.78, 5) is 27.5. The highest BCUT2D eigenvalue weighted by atomic mass is 32.1. The molecule has 17 heavy (non-hydrogen) atoms. The van der Waals surface area contributed by atoms with Crippen molar-refractivity contribution in [3.05, 3.63) is 15.6 Å². The van der Waals surface area contributed by atoms with Crippen molar-refractivity contribution in [1.29, 1.82) is 0 Å². The largest absolute Gasteiger partial charge is 0.351 e. The quantitative estimate of drug-likeness (QED) is 0.396. The lowest BCUT2D eigenvalue weighted by molar-refractivity contribution is -0.120. The monoisotopic (exact) mass is 256 g/mol. The number of nitrogens with two attached hydrogens (primary N) is 1. The summed E-state index contributed by atoms with van der Waals surface area (Å²) in [5.74, 6) is 4.53. The zero-order valence-electron chi connectivity index (χ0n) is 9.87. The first-order chi connectivity index (χ1) is 8.08. The molecule has 0 radical (unpaired) electrons. The number of rotatable bonds is 5. The smallest absolute Gasteiger partial charge is 0.263 e. The van der Waals surface area contributed by atoms with Crippen molar-refractivity contribution in [2.45, 2.75) is 26.7 Å². The molecule has 1 heterocycles. The molecular weight excluding hydrogens is 240 g/mol. The van der Waals surface area contributed by atoms with Gasteiger partial charge in [-0.3, -0.25) is 15.0 Å². The summed E-state index contributed by atoms with van der Waals surface area (Å²) >= 11 is 1.22. The summed E-state index contributed by atoms with van der Waals surface area (Å²) in [5.41, 5.74) is 2.67. The number of hydrogen-bond donors (Lipinski definition) is 3. The van der Waals surface area contributed by atoms with E-state index in [1.54, 1.807) is 6.92 Å². The van der Waals surface area contributed by atoms with Gasteiger partial charge in [0.1, 0.15) is 9.88 Å². The molecule has 6 nitrogen and oxygen atoms in total. The van der Waals surface area contributed by atoms with E-state index in [-0.39, 0.29) is 18.2 Å². The van der Waals surface area contributed by atoms with Crippen molar-refractivity contribution in [1.82, 2.24) is 15.7 Å². The van der Waals surface area contributed by atoms with E-state index in [0.29, 0.717) is 22.1 Å². The van der Waals surface area contributed by atoms with Gasteiger partial charge >= 0.3 is 0 Å². The molecule has 0 bridgehead atoms. The van der Waals surface area contributed by atoms with Gasteiger partial charge in [0.25, 0.3) is 5.91 Å². The van der Waals surface area contributed by atoms with Gasteiger partial charge in [-0.25, -0.2) is 10.8 Å². The van der Waals surface area contributed by atoms with Gasteiger partial charge in [0.05, 0.1) is 12.1 Å². The molecule has 7 heteroatoms. The van der Waals surface area contributed by atoms with Crippen LogP contribution in [0.5, 0.6) is 0 Å².